The molecule has 6 heteroatoms. The number of hydrogen-bond acceptors (Lipinski definition) is 5. The van der Waals surface area contributed by atoms with E-state index in [1.165, 1.54) is 7.11 Å². The van der Waals surface area contributed by atoms with Crippen molar-refractivity contribution in [3.05, 3.63) is 58.1 Å². The molecule has 0 aliphatic heterocycles. The van der Waals surface area contributed by atoms with E-state index in [0.717, 1.165) is 41.3 Å². The Balaban J connectivity index is 2.46. The normalized spacial score (nSPS) is 11.6. The second kappa shape index (κ2) is 11.6. The second-order valence-electron chi connectivity index (χ2n) is 6.83. The molecular weight excluding hydrogens is 434 g/mol. The zero-order valence-corrected chi connectivity index (χ0v) is 18.8. The minimum absolute atomic E-state index is 0.297. The lowest BCUT2D eigenvalue weighted by atomic mass is 10.0. The third kappa shape index (κ3) is 6.32. The molecule has 0 saturated carbocycles. The molecule has 5 nitrogen and oxygen atoms in total. The molecule has 0 bridgehead atoms. The van der Waals surface area contributed by atoms with Crippen LogP contribution in [0.5, 0.6) is 5.75 Å². The molecule has 2 aromatic rings. The Hall–Kier alpha value is -2.34. The van der Waals surface area contributed by atoms with Gasteiger partial charge in [-0.2, -0.15) is 0 Å². The van der Waals surface area contributed by atoms with E-state index in [-0.39, 0.29) is 5.97 Å². The summed E-state index contributed by atoms with van der Waals surface area (Å²) in [7, 11) is 3.03. The number of unbranched alkanes of at least 4 members (excludes halogenated alkanes) is 2. The molecule has 2 aromatic carbocycles. The molecule has 0 fully saturated rings. The van der Waals surface area contributed by atoms with Gasteiger partial charge in [-0.15, -0.1) is 0 Å². The summed E-state index contributed by atoms with van der Waals surface area (Å²) in [5.41, 5.74) is 2.25. The number of carbonyl (C=O) groups excluding carboxylic acids is 2. The van der Waals surface area contributed by atoms with E-state index in [4.69, 9.17) is 9.47 Å². The number of esters is 1. The molecule has 0 radical (unpaired) electrons. The van der Waals surface area contributed by atoms with Crippen LogP contribution in [-0.4, -0.2) is 32.5 Å². The molecule has 0 saturated heterocycles. The first-order chi connectivity index (χ1) is 14.0. The van der Waals surface area contributed by atoms with Gasteiger partial charge < -0.3 is 14.4 Å². The van der Waals surface area contributed by atoms with Crippen LogP contribution in [0.3, 0.4) is 0 Å². The van der Waals surface area contributed by atoms with Crippen LogP contribution in [0.4, 0.5) is 5.69 Å². The Morgan fingerprint density at radius 3 is 2.45 bits per heavy atom. The van der Waals surface area contributed by atoms with Crippen LogP contribution in [0.15, 0.2) is 46.9 Å². The lowest BCUT2D eigenvalue weighted by molar-refractivity contribution is -0.142. The van der Waals surface area contributed by atoms with Crippen molar-refractivity contribution in [3.8, 4) is 5.75 Å². The molecule has 0 aliphatic carbocycles. The fourth-order valence-corrected chi connectivity index (χ4v) is 3.68. The van der Waals surface area contributed by atoms with Gasteiger partial charge in [0.25, 0.3) is 0 Å². The highest BCUT2D eigenvalue weighted by Gasteiger charge is 2.28. The van der Waals surface area contributed by atoms with Crippen LogP contribution in [0.1, 0.15) is 48.5 Å². The van der Waals surface area contributed by atoms with Crippen molar-refractivity contribution in [2.45, 2.75) is 45.2 Å². The quantitative estimate of drug-likeness (QED) is 0.254. The van der Waals surface area contributed by atoms with Gasteiger partial charge in [0, 0.05) is 22.3 Å². The molecule has 1 unspecified atom stereocenters. The van der Waals surface area contributed by atoms with Crippen LogP contribution in [0, 0.1) is 0 Å². The number of nitrogens with zero attached hydrogens (tertiary/aromatic N) is 1. The summed E-state index contributed by atoms with van der Waals surface area (Å²) in [4.78, 5) is 26.4. The van der Waals surface area contributed by atoms with Crippen molar-refractivity contribution < 1.29 is 19.1 Å². The van der Waals surface area contributed by atoms with Crippen molar-refractivity contribution in [1.82, 2.24) is 0 Å². The SMILES string of the molecule is CCCCCC(C(=O)OC)N(Cc1ccc(OC)cc1)c1ccc(Br)cc1C=O. The average molecular weight is 462 g/mol. The minimum Gasteiger partial charge on any atom is -0.497 e. The predicted molar refractivity (Wildman–Crippen MR) is 119 cm³/mol. The van der Waals surface area contributed by atoms with E-state index in [1.807, 2.05) is 41.3 Å². The first-order valence-corrected chi connectivity index (χ1v) is 10.6. The molecule has 0 spiro atoms. The van der Waals surface area contributed by atoms with Crippen molar-refractivity contribution in [2.24, 2.45) is 0 Å². The number of hydrogen-bond donors (Lipinski definition) is 0. The van der Waals surface area contributed by atoms with Gasteiger partial charge in [0.2, 0.25) is 0 Å². The summed E-state index contributed by atoms with van der Waals surface area (Å²) in [6.07, 6.45) is 4.48. The summed E-state index contributed by atoms with van der Waals surface area (Å²) in [6.45, 7) is 2.60. The number of aldehydes is 1. The summed E-state index contributed by atoms with van der Waals surface area (Å²) in [5, 5.41) is 0. The molecule has 0 heterocycles. The predicted octanol–water partition coefficient (Wildman–Crippen LogP) is 5.40. The van der Waals surface area contributed by atoms with Crippen LogP contribution in [0.2, 0.25) is 0 Å². The maximum absolute atomic E-state index is 12.7. The Morgan fingerprint density at radius 1 is 1.14 bits per heavy atom. The number of benzene rings is 2. The fourth-order valence-electron chi connectivity index (χ4n) is 3.30. The van der Waals surface area contributed by atoms with E-state index in [2.05, 4.69) is 22.9 Å². The number of carbonyl (C=O) groups is 2. The van der Waals surface area contributed by atoms with Gasteiger partial charge >= 0.3 is 5.97 Å². The van der Waals surface area contributed by atoms with E-state index >= 15 is 0 Å². The van der Waals surface area contributed by atoms with E-state index < -0.39 is 6.04 Å². The maximum Gasteiger partial charge on any atom is 0.328 e. The van der Waals surface area contributed by atoms with E-state index in [1.54, 1.807) is 13.2 Å². The Bertz CT molecular complexity index is 807. The summed E-state index contributed by atoms with van der Waals surface area (Å²) < 4.78 is 11.2. The van der Waals surface area contributed by atoms with Gasteiger partial charge in [-0.3, -0.25) is 4.79 Å². The molecule has 2 rings (SSSR count). The number of rotatable bonds is 11. The van der Waals surface area contributed by atoms with Gasteiger partial charge in [0.1, 0.15) is 11.8 Å². The van der Waals surface area contributed by atoms with E-state index in [0.29, 0.717) is 24.2 Å². The number of anilines is 1. The van der Waals surface area contributed by atoms with E-state index in [9.17, 15) is 9.59 Å². The van der Waals surface area contributed by atoms with Gasteiger partial charge in [0.05, 0.1) is 14.2 Å². The van der Waals surface area contributed by atoms with Gasteiger partial charge in [-0.25, -0.2) is 4.79 Å². The zero-order chi connectivity index (χ0) is 21.2. The zero-order valence-electron chi connectivity index (χ0n) is 17.2. The molecular formula is C23H28BrNO4. The maximum atomic E-state index is 12.7. The first kappa shape index (κ1) is 22.9. The smallest absolute Gasteiger partial charge is 0.328 e. The van der Waals surface area contributed by atoms with Crippen LogP contribution >= 0.6 is 15.9 Å². The largest absolute Gasteiger partial charge is 0.497 e. The van der Waals surface area contributed by atoms with Gasteiger partial charge in [-0.1, -0.05) is 54.2 Å². The van der Waals surface area contributed by atoms with Crippen LogP contribution < -0.4 is 9.64 Å². The summed E-state index contributed by atoms with van der Waals surface area (Å²) >= 11 is 3.42. The lowest BCUT2D eigenvalue weighted by Crippen LogP contribution is -2.42. The molecule has 0 N–H and O–H groups in total. The van der Waals surface area contributed by atoms with Crippen molar-refractivity contribution in [1.29, 1.82) is 0 Å². The lowest BCUT2D eigenvalue weighted by Gasteiger charge is -2.33. The minimum atomic E-state index is -0.478. The summed E-state index contributed by atoms with van der Waals surface area (Å²) in [6, 6.07) is 12.7. The highest BCUT2D eigenvalue weighted by Crippen LogP contribution is 2.29. The third-order valence-corrected chi connectivity index (χ3v) is 5.36. The average Bonchev–Trinajstić information content (AvgIpc) is 2.75. The first-order valence-electron chi connectivity index (χ1n) is 9.76. The van der Waals surface area contributed by atoms with Crippen molar-refractivity contribution in [3.63, 3.8) is 0 Å². The van der Waals surface area contributed by atoms with Crippen LogP contribution in [-0.2, 0) is 16.1 Å². The van der Waals surface area contributed by atoms with Gasteiger partial charge in [-0.05, 0) is 42.3 Å². The third-order valence-electron chi connectivity index (χ3n) is 4.87. The molecule has 29 heavy (non-hydrogen) atoms. The highest BCUT2D eigenvalue weighted by molar-refractivity contribution is 9.10. The Labute approximate surface area is 181 Å². The topological polar surface area (TPSA) is 55.8 Å². The molecule has 0 amide bonds. The second-order valence-corrected chi connectivity index (χ2v) is 7.75. The van der Waals surface area contributed by atoms with Crippen LogP contribution in [0.25, 0.3) is 0 Å². The Morgan fingerprint density at radius 2 is 1.86 bits per heavy atom. The van der Waals surface area contributed by atoms with Crippen molar-refractivity contribution >= 4 is 33.9 Å². The fraction of sp³-hybridized carbons (Fsp3) is 0.391. The number of methoxy groups -OCH3 is 2. The number of halogens is 1. The Kier molecular flexibility index (Phi) is 9.19. The number of ether oxygens (including phenoxy) is 2. The molecule has 0 aliphatic rings. The molecule has 156 valence electrons. The molecule has 1 atom stereocenters. The van der Waals surface area contributed by atoms with Crippen molar-refractivity contribution in [2.75, 3.05) is 19.1 Å². The standard InChI is InChI=1S/C23H28BrNO4/c1-4-5-6-7-22(23(27)29-3)25(15-17-8-11-20(28-2)12-9-17)21-13-10-19(24)14-18(21)16-26/h8-14,16,22H,4-7,15H2,1-3H3. The van der Waals surface area contributed by atoms with Gasteiger partial charge in [0.15, 0.2) is 6.29 Å². The highest BCUT2D eigenvalue weighted by atomic mass is 79.9. The monoisotopic (exact) mass is 461 g/mol. The summed E-state index contributed by atoms with van der Waals surface area (Å²) in [5.74, 6) is 0.472. The molecule has 0 aromatic heterocycles.